The van der Waals surface area contributed by atoms with Crippen molar-refractivity contribution in [3.63, 3.8) is 0 Å². The highest BCUT2D eigenvalue weighted by Gasteiger charge is 2.39. The second-order valence-electron chi connectivity index (χ2n) is 16.4. The maximum absolute atomic E-state index is 2.45. The summed E-state index contributed by atoms with van der Waals surface area (Å²) in [5.74, 6) is 0. The summed E-state index contributed by atoms with van der Waals surface area (Å²) in [7, 11) is 0. The van der Waals surface area contributed by atoms with Gasteiger partial charge in [0, 0.05) is 5.41 Å². The van der Waals surface area contributed by atoms with Gasteiger partial charge in [0.15, 0.2) is 0 Å². The van der Waals surface area contributed by atoms with Crippen molar-refractivity contribution in [3.8, 4) is 44.5 Å². The van der Waals surface area contributed by atoms with Gasteiger partial charge in [-0.15, -0.1) is 0 Å². The number of fused-ring (bicyclic) bond motifs is 13. The van der Waals surface area contributed by atoms with Gasteiger partial charge in [0.1, 0.15) is 0 Å². The van der Waals surface area contributed by atoms with E-state index in [1.807, 2.05) is 0 Å². The number of hydrogen-bond acceptors (Lipinski definition) is 0. The van der Waals surface area contributed by atoms with Crippen LogP contribution in [0, 0.1) is 0 Å². The Morgan fingerprint density at radius 2 is 0.754 bits per heavy atom. The minimum Gasteiger partial charge on any atom is -0.0616 e. The average molecular weight is 723 g/mol. The Bertz CT molecular complexity index is 3430. The molecular formula is C57H38. The fourth-order valence-corrected chi connectivity index (χ4v) is 10.5. The largest absolute Gasteiger partial charge is 0.0616 e. The molecule has 1 aliphatic carbocycles. The molecule has 11 aromatic rings. The zero-order chi connectivity index (χ0) is 37.8. The van der Waals surface area contributed by atoms with Crippen molar-refractivity contribution in [1.29, 1.82) is 0 Å². The molecule has 0 heteroatoms. The molecule has 0 spiro atoms. The summed E-state index contributed by atoms with van der Waals surface area (Å²) in [4.78, 5) is 0. The summed E-state index contributed by atoms with van der Waals surface area (Å²) >= 11 is 0. The van der Waals surface area contributed by atoms with Crippen LogP contribution >= 0.6 is 0 Å². The highest BCUT2D eigenvalue weighted by atomic mass is 14.4. The molecule has 0 saturated carbocycles. The van der Waals surface area contributed by atoms with Crippen molar-refractivity contribution < 1.29 is 0 Å². The normalized spacial score (nSPS) is 13.2. The van der Waals surface area contributed by atoms with Gasteiger partial charge >= 0.3 is 0 Å². The highest BCUT2D eigenvalue weighted by Crippen LogP contribution is 2.56. The van der Waals surface area contributed by atoms with E-state index in [0.717, 1.165) is 0 Å². The van der Waals surface area contributed by atoms with Crippen molar-refractivity contribution in [3.05, 3.63) is 205 Å². The fourth-order valence-electron chi connectivity index (χ4n) is 10.5. The first-order valence-corrected chi connectivity index (χ1v) is 20.1. The van der Waals surface area contributed by atoms with E-state index in [0.29, 0.717) is 0 Å². The fraction of sp³-hybridized carbons (Fsp3) is 0.0526. The van der Waals surface area contributed by atoms with Crippen molar-refractivity contribution in [2.45, 2.75) is 19.3 Å². The Kier molecular flexibility index (Phi) is 6.78. The van der Waals surface area contributed by atoms with E-state index in [1.54, 1.807) is 0 Å². The van der Waals surface area contributed by atoms with Crippen LogP contribution in [0.1, 0.15) is 25.0 Å². The van der Waals surface area contributed by atoms with Crippen molar-refractivity contribution in [2.75, 3.05) is 0 Å². The monoisotopic (exact) mass is 722 g/mol. The first-order chi connectivity index (χ1) is 28.0. The molecule has 266 valence electrons. The third kappa shape index (κ3) is 4.62. The van der Waals surface area contributed by atoms with Gasteiger partial charge in [-0.1, -0.05) is 190 Å². The molecule has 0 radical (unpaired) electrons. The second-order valence-corrected chi connectivity index (χ2v) is 16.4. The van der Waals surface area contributed by atoms with Crippen LogP contribution in [0.3, 0.4) is 0 Å². The molecule has 0 heterocycles. The smallest absolute Gasteiger partial charge is 0.0171 e. The van der Waals surface area contributed by atoms with E-state index in [4.69, 9.17) is 0 Å². The van der Waals surface area contributed by atoms with Gasteiger partial charge in [-0.2, -0.15) is 0 Å². The van der Waals surface area contributed by atoms with Crippen LogP contribution < -0.4 is 0 Å². The van der Waals surface area contributed by atoms with Crippen molar-refractivity contribution in [2.24, 2.45) is 0 Å². The molecule has 12 rings (SSSR count). The summed E-state index contributed by atoms with van der Waals surface area (Å²) in [6.07, 6.45) is 0. The van der Waals surface area contributed by atoms with E-state index < -0.39 is 0 Å². The van der Waals surface area contributed by atoms with Gasteiger partial charge in [-0.25, -0.2) is 0 Å². The topological polar surface area (TPSA) is 0 Å². The zero-order valence-corrected chi connectivity index (χ0v) is 32.0. The predicted molar refractivity (Wildman–Crippen MR) is 245 cm³/mol. The maximum atomic E-state index is 2.45. The lowest BCUT2D eigenvalue weighted by molar-refractivity contribution is 0.672. The molecule has 1 aliphatic rings. The molecule has 0 fully saturated rings. The Labute approximate surface area is 332 Å². The Hall–Kier alpha value is -7.02. The third-order valence-corrected chi connectivity index (χ3v) is 12.9. The Balaban J connectivity index is 1.06. The Morgan fingerprint density at radius 1 is 0.263 bits per heavy atom. The quantitative estimate of drug-likeness (QED) is 0.126. The van der Waals surface area contributed by atoms with Gasteiger partial charge < -0.3 is 0 Å². The minimum atomic E-state index is -0.156. The molecule has 0 atom stereocenters. The van der Waals surface area contributed by atoms with E-state index in [2.05, 4.69) is 208 Å². The molecule has 0 bridgehead atoms. The van der Waals surface area contributed by atoms with E-state index in [9.17, 15) is 0 Å². The maximum Gasteiger partial charge on any atom is 0.0171 e. The number of rotatable bonds is 3. The van der Waals surface area contributed by atoms with Crippen LogP contribution in [0.15, 0.2) is 194 Å². The molecule has 0 amide bonds. The molecule has 0 saturated heterocycles. The second kappa shape index (κ2) is 12.0. The standard InChI is InChI=1S/C57H38/c1-57(2)55-42-19-6-5-15-36(42)28-31-50(55)54-44-21-8-7-20-43(44)51-34-39(29-30-49(51)56(54)57)38-17-13-18-40(33-38)52-45-22-9-11-24-47(45)53(48-25-12-10-23-46(48)52)41-27-26-35-14-3-4-16-37(35)32-41/h3-34H,1-2H3. The predicted octanol–water partition coefficient (Wildman–Crippen LogP) is 15.9. The van der Waals surface area contributed by atoms with Crippen LogP contribution in [0.2, 0.25) is 0 Å². The lowest BCUT2D eigenvalue weighted by Crippen LogP contribution is -2.16. The van der Waals surface area contributed by atoms with E-state index >= 15 is 0 Å². The number of benzene rings is 11. The molecule has 0 unspecified atom stereocenters. The molecule has 0 aliphatic heterocycles. The summed E-state index contributed by atoms with van der Waals surface area (Å²) < 4.78 is 0. The van der Waals surface area contributed by atoms with Crippen LogP contribution in [-0.2, 0) is 5.41 Å². The first kappa shape index (κ1) is 32.2. The van der Waals surface area contributed by atoms with Gasteiger partial charge in [0.05, 0.1) is 0 Å². The summed E-state index contributed by atoms with van der Waals surface area (Å²) in [5, 5.41) is 15.6. The van der Waals surface area contributed by atoms with Gasteiger partial charge in [0.2, 0.25) is 0 Å². The lowest BCUT2D eigenvalue weighted by Gasteiger charge is -2.25. The zero-order valence-electron chi connectivity index (χ0n) is 32.0. The van der Waals surface area contributed by atoms with Crippen LogP contribution in [0.4, 0.5) is 0 Å². The highest BCUT2D eigenvalue weighted by molar-refractivity contribution is 6.23. The molecule has 0 N–H and O–H groups in total. The van der Waals surface area contributed by atoms with Gasteiger partial charge in [0.25, 0.3) is 0 Å². The summed E-state index contributed by atoms with van der Waals surface area (Å²) in [6, 6.07) is 72.5. The third-order valence-electron chi connectivity index (χ3n) is 12.9. The average Bonchev–Trinajstić information content (AvgIpc) is 3.52. The number of hydrogen-bond donors (Lipinski definition) is 0. The van der Waals surface area contributed by atoms with Crippen LogP contribution in [-0.4, -0.2) is 0 Å². The van der Waals surface area contributed by atoms with Gasteiger partial charge in [-0.3, -0.25) is 0 Å². The van der Waals surface area contributed by atoms with Crippen molar-refractivity contribution >= 4 is 64.6 Å². The molecule has 0 nitrogen and oxygen atoms in total. The van der Waals surface area contributed by atoms with Crippen LogP contribution in [0.5, 0.6) is 0 Å². The molecule has 57 heavy (non-hydrogen) atoms. The first-order valence-electron chi connectivity index (χ1n) is 20.1. The SMILES string of the molecule is CC1(C)c2c(ccc3ccccc23)-c2c1c1ccc(-c3cccc(-c4c5ccccc5c(-c5ccc6ccccc6c5)c5ccccc45)c3)cc1c1ccccc21. The van der Waals surface area contributed by atoms with E-state index in [1.165, 1.54) is 120 Å². The van der Waals surface area contributed by atoms with Gasteiger partial charge in [-0.05, 0) is 138 Å². The van der Waals surface area contributed by atoms with E-state index in [-0.39, 0.29) is 5.41 Å². The molecule has 0 aromatic heterocycles. The lowest BCUT2D eigenvalue weighted by atomic mass is 9.77. The minimum absolute atomic E-state index is 0.156. The molecular weight excluding hydrogens is 685 g/mol. The Morgan fingerprint density at radius 3 is 1.44 bits per heavy atom. The van der Waals surface area contributed by atoms with Crippen LogP contribution in [0.25, 0.3) is 109 Å². The summed E-state index contributed by atoms with van der Waals surface area (Å²) in [6.45, 7) is 4.85. The molecule has 11 aromatic carbocycles. The summed E-state index contributed by atoms with van der Waals surface area (Å²) in [5.41, 5.74) is 13.0. The van der Waals surface area contributed by atoms with Crippen molar-refractivity contribution in [1.82, 2.24) is 0 Å².